The van der Waals surface area contributed by atoms with Gasteiger partial charge in [-0.3, -0.25) is 4.79 Å². The van der Waals surface area contributed by atoms with Crippen molar-refractivity contribution in [2.75, 3.05) is 13.2 Å². The van der Waals surface area contributed by atoms with E-state index in [9.17, 15) is 4.79 Å². The topological polar surface area (TPSA) is 57.5 Å². The molecule has 1 aliphatic carbocycles. The Labute approximate surface area is 83.1 Å². The normalized spacial score (nSPS) is 17.9. The molecule has 2 N–H and O–H groups in total. The number of rotatable bonds is 4. The van der Waals surface area contributed by atoms with E-state index in [-0.39, 0.29) is 19.0 Å². The minimum Gasteiger partial charge on any atom is -0.392 e. The number of carbonyl (C=O) groups is 1. The van der Waals surface area contributed by atoms with E-state index in [2.05, 4.69) is 6.58 Å². The maximum atomic E-state index is 11.5. The summed E-state index contributed by atoms with van der Waals surface area (Å²) in [6.45, 7) is 3.20. The van der Waals surface area contributed by atoms with Gasteiger partial charge in [-0.25, -0.2) is 0 Å². The summed E-state index contributed by atoms with van der Waals surface area (Å²) < 4.78 is 0. The maximum absolute atomic E-state index is 11.5. The van der Waals surface area contributed by atoms with E-state index < -0.39 is 0 Å². The summed E-state index contributed by atoms with van der Waals surface area (Å²) >= 11 is 0. The fourth-order valence-electron chi connectivity index (χ4n) is 1.63. The van der Waals surface area contributed by atoms with Gasteiger partial charge in [-0.1, -0.05) is 18.7 Å². The Balaban J connectivity index is 3.08. The molecule has 0 aliphatic heterocycles. The van der Waals surface area contributed by atoms with E-state index in [1.54, 1.807) is 6.08 Å². The third-order valence-corrected chi connectivity index (χ3v) is 2.29. The summed E-state index contributed by atoms with van der Waals surface area (Å²) in [6, 6.07) is 0. The summed E-state index contributed by atoms with van der Waals surface area (Å²) in [7, 11) is 0. The van der Waals surface area contributed by atoms with E-state index >= 15 is 0 Å². The number of allylic oxidation sites excluding steroid dienone is 2. The summed E-state index contributed by atoms with van der Waals surface area (Å²) in [6.07, 6.45) is 4.16. The van der Waals surface area contributed by atoms with Crippen LogP contribution >= 0.6 is 0 Å². The fraction of sp³-hybridized carbons (Fsp3) is 0.364. The molecule has 1 aliphatic rings. The first-order valence-corrected chi connectivity index (χ1v) is 4.53. The quantitative estimate of drug-likeness (QED) is 0.649. The average Bonchev–Trinajstić information content (AvgIpc) is 2.56. The average molecular weight is 194 g/mol. The number of aliphatic hydroxyl groups is 2. The predicted octanol–water partition coefficient (Wildman–Crippen LogP) is 0.743. The van der Waals surface area contributed by atoms with Gasteiger partial charge in [0.25, 0.3) is 0 Å². The summed E-state index contributed by atoms with van der Waals surface area (Å²) in [5.41, 5.74) is 1.76. The first kappa shape index (κ1) is 10.9. The lowest BCUT2D eigenvalue weighted by molar-refractivity contribution is -0.114. The number of hydrogen-bond donors (Lipinski definition) is 2. The molecule has 0 spiro atoms. The fourth-order valence-corrected chi connectivity index (χ4v) is 1.63. The number of Topliss-reactive ketones (excluding diaryl/α,β-unsaturated/α-hetero) is 1. The van der Waals surface area contributed by atoms with Crippen molar-refractivity contribution >= 4 is 5.78 Å². The van der Waals surface area contributed by atoms with Crippen molar-refractivity contribution in [3.8, 4) is 0 Å². The lowest BCUT2D eigenvalue weighted by atomic mass is 10.0. The molecule has 14 heavy (non-hydrogen) atoms. The molecule has 0 aromatic carbocycles. The minimum atomic E-state index is -0.198. The Hall–Kier alpha value is -1.19. The molecule has 76 valence electrons. The monoisotopic (exact) mass is 194 g/mol. The van der Waals surface area contributed by atoms with Crippen LogP contribution in [0.25, 0.3) is 0 Å². The lowest BCUT2D eigenvalue weighted by Crippen LogP contribution is -2.05. The molecule has 3 nitrogen and oxygen atoms in total. The van der Waals surface area contributed by atoms with E-state index in [1.165, 1.54) is 6.08 Å². The van der Waals surface area contributed by atoms with Crippen LogP contribution in [-0.2, 0) is 4.79 Å². The number of hydrogen-bond acceptors (Lipinski definition) is 3. The highest BCUT2D eigenvalue weighted by Gasteiger charge is 2.24. The molecule has 0 amide bonds. The zero-order valence-corrected chi connectivity index (χ0v) is 7.99. The Morgan fingerprint density at radius 3 is 2.64 bits per heavy atom. The van der Waals surface area contributed by atoms with Gasteiger partial charge >= 0.3 is 0 Å². The molecule has 0 radical (unpaired) electrons. The van der Waals surface area contributed by atoms with Gasteiger partial charge in [0.15, 0.2) is 5.78 Å². The molecule has 0 unspecified atom stereocenters. The SMILES string of the molecule is C=C/C=C(/CO)C1=C(CO)CCC1=O. The molecule has 0 saturated carbocycles. The van der Waals surface area contributed by atoms with Gasteiger partial charge < -0.3 is 10.2 Å². The molecule has 1 rings (SSSR count). The first-order valence-electron chi connectivity index (χ1n) is 4.53. The zero-order valence-electron chi connectivity index (χ0n) is 7.99. The Bertz CT molecular complexity index is 310. The predicted molar refractivity (Wildman–Crippen MR) is 53.7 cm³/mol. The van der Waals surface area contributed by atoms with Crippen molar-refractivity contribution < 1.29 is 15.0 Å². The zero-order chi connectivity index (χ0) is 10.6. The van der Waals surface area contributed by atoms with Crippen LogP contribution < -0.4 is 0 Å². The van der Waals surface area contributed by atoms with Crippen LogP contribution in [0.3, 0.4) is 0 Å². The highest BCUT2D eigenvalue weighted by Crippen LogP contribution is 2.27. The van der Waals surface area contributed by atoms with E-state index in [0.717, 1.165) is 5.57 Å². The standard InChI is InChI=1S/C11H14O3/c1-2-3-8(6-12)11-9(7-13)4-5-10(11)14/h2-3,12-13H,1,4-7H2/b8-3-. The van der Waals surface area contributed by atoms with E-state index in [1.807, 2.05) is 0 Å². The maximum Gasteiger partial charge on any atom is 0.163 e. The molecule has 0 heterocycles. The molecule has 0 aromatic heterocycles. The van der Waals surface area contributed by atoms with E-state index in [4.69, 9.17) is 10.2 Å². The van der Waals surface area contributed by atoms with Crippen LogP contribution in [0.15, 0.2) is 35.5 Å². The van der Waals surface area contributed by atoms with Crippen LogP contribution in [0.4, 0.5) is 0 Å². The number of ketones is 1. The molecule has 3 heteroatoms. The van der Waals surface area contributed by atoms with Gasteiger partial charge in [-0.05, 0) is 17.6 Å². The Morgan fingerprint density at radius 1 is 1.43 bits per heavy atom. The van der Waals surface area contributed by atoms with Crippen molar-refractivity contribution in [1.29, 1.82) is 0 Å². The van der Waals surface area contributed by atoms with Gasteiger partial charge in [0.1, 0.15) is 0 Å². The number of carbonyl (C=O) groups excluding carboxylic acids is 1. The number of aliphatic hydroxyl groups excluding tert-OH is 2. The highest BCUT2D eigenvalue weighted by molar-refractivity contribution is 6.02. The van der Waals surface area contributed by atoms with Crippen LogP contribution in [0, 0.1) is 0 Å². The Kier molecular flexibility index (Phi) is 3.80. The van der Waals surface area contributed by atoms with Crippen LogP contribution in [0.1, 0.15) is 12.8 Å². The second-order valence-electron chi connectivity index (χ2n) is 3.15. The van der Waals surface area contributed by atoms with Crippen molar-refractivity contribution in [2.24, 2.45) is 0 Å². The van der Waals surface area contributed by atoms with Crippen molar-refractivity contribution in [3.05, 3.63) is 35.5 Å². The van der Waals surface area contributed by atoms with Gasteiger partial charge in [0.05, 0.1) is 13.2 Å². The molecular weight excluding hydrogens is 180 g/mol. The van der Waals surface area contributed by atoms with Gasteiger partial charge in [-0.15, -0.1) is 0 Å². The van der Waals surface area contributed by atoms with Crippen molar-refractivity contribution in [1.82, 2.24) is 0 Å². The minimum absolute atomic E-state index is 0.00352. The summed E-state index contributed by atoms with van der Waals surface area (Å²) in [5.74, 6) is -0.00352. The van der Waals surface area contributed by atoms with Crippen molar-refractivity contribution in [3.63, 3.8) is 0 Å². The van der Waals surface area contributed by atoms with Gasteiger partial charge in [-0.2, -0.15) is 0 Å². The molecular formula is C11H14O3. The second-order valence-corrected chi connectivity index (χ2v) is 3.15. The Morgan fingerprint density at radius 2 is 2.14 bits per heavy atom. The largest absolute Gasteiger partial charge is 0.392 e. The molecule has 0 fully saturated rings. The lowest BCUT2D eigenvalue weighted by Gasteiger charge is -2.05. The van der Waals surface area contributed by atoms with Gasteiger partial charge in [0.2, 0.25) is 0 Å². The highest BCUT2D eigenvalue weighted by atomic mass is 16.3. The summed E-state index contributed by atoms with van der Waals surface area (Å²) in [5, 5.41) is 18.1. The third-order valence-electron chi connectivity index (χ3n) is 2.29. The van der Waals surface area contributed by atoms with Crippen LogP contribution in [-0.4, -0.2) is 29.2 Å². The van der Waals surface area contributed by atoms with Gasteiger partial charge in [0, 0.05) is 12.0 Å². The first-order chi connectivity index (χ1) is 6.74. The molecule has 0 atom stereocenters. The molecule has 0 bridgehead atoms. The summed E-state index contributed by atoms with van der Waals surface area (Å²) in [4.78, 5) is 11.5. The van der Waals surface area contributed by atoms with Crippen LogP contribution in [0.5, 0.6) is 0 Å². The molecule has 0 saturated heterocycles. The van der Waals surface area contributed by atoms with E-state index in [0.29, 0.717) is 24.0 Å². The molecule has 0 aromatic rings. The third kappa shape index (κ3) is 2.00. The smallest absolute Gasteiger partial charge is 0.163 e. The van der Waals surface area contributed by atoms with Crippen LogP contribution in [0.2, 0.25) is 0 Å². The second kappa shape index (κ2) is 4.88. The van der Waals surface area contributed by atoms with Crippen molar-refractivity contribution in [2.45, 2.75) is 12.8 Å².